The molecule has 5 heteroatoms. The van der Waals surface area contributed by atoms with Gasteiger partial charge in [-0.05, 0) is 30.2 Å². The molecule has 0 fully saturated rings. The zero-order valence-electron chi connectivity index (χ0n) is 11.5. The van der Waals surface area contributed by atoms with Gasteiger partial charge in [0.05, 0.1) is 5.71 Å². The molecule has 1 atom stereocenters. The molecule has 0 aliphatic carbocycles. The van der Waals surface area contributed by atoms with Crippen molar-refractivity contribution in [3.63, 3.8) is 0 Å². The summed E-state index contributed by atoms with van der Waals surface area (Å²) in [6, 6.07) is 16.3. The van der Waals surface area contributed by atoms with Crippen molar-refractivity contribution in [1.82, 2.24) is 5.43 Å². The molecule has 108 valence electrons. The zero-order chi connectivity index (χ0) is 15.2. The molecule has 0 heterocycles. The van der Waals surface area contributed by atoms with Crippen molar-refractivity contribution in [1.29, 1.82) is 0 Å². The van der Waals surface area contributed by atoms with Crippen LogP contribution in [-0.2, 0) is 4.79 Å². The SMILES string of the molecule is C/C(=N\NC(=O)C(O)c1ccccc1)c1cccc(Br)c1. The maximum atomic E-state index is 11.9. The summed E-state index contributed by atoms with van der Waals surface area (Å²) in [5, 5.41) is 13.9. The van der Waals surface area contributed by atoms with Crippen molar-refractivity contribution >= 4 is 27.5 Å². The number of hydrogen-bond acceptors (Lipinski definition) is 3. The Labute approximate surface area is 131 Å². The van der Waals surface area contributed by atoms with Gasteiger partial charge in [-0.2, -0.15) is 5.10 Å². The average Bonchev–Trinajstić information content (AvgIpc) is 2.52. The Kier molecular flexibility index (Phi) is 5.25. The molecule has 0 aliphatic rings. The van der Waals surface area contributed by atoms with Gasteiger partial charge in [0.25, 0.3) is 5.91 Å². The van der Waals surface area contributed by atoms with Gasteiger partial charge in [0, 0.05) is 4.47 Å². The molecule has 0 saturated heterocycles. The number of hydrazone groups is 1. The molecule has 0 saturated carbocycles. The molecular formula is C16H15BrN2O2. The monoisotopic (exact) mass is 346 g/mol. The minimum absolute atomic E-state index is 0.533. The summed E-state index contributed by atoms with van der Waals surface area (Å²) in [6.07, 6.45) is -1.23. The molecule has 0 bridgehead atoms. The summed E-state index contributed by atoms with van der Waals surface area (Å²) >= 11 is 3.38. The summed E-state index contributed by atoms with van der Waals surface area (Å²) in [6.45, 7) is 1.79. The van der Waals surface area contributed by atoms with Gasteiger partial charge in [-0.3, -0.25) is 4.79 Å². The normalized spacial score (nSPS) is 12.8. The number of carbonyl (C=O) groups is 1. The van der Waals surface area contributed by atoms with E-state index in [9.17, 15) is 9.90 Å². The second-order valence-corrected chi connectivity index (χ2v) is 5.41. The van der Waals surface area contributed by atoms with Crippen LogP contribution in [0.4, 0.5) is 0 Å². The van der Waals surface area contributed by atoms with E-state index in [4.69, 9.17) is 0 Å². The molecule has 0 radical (unpaired) electrons. The standard InChI is InChI=1S/C16H15BrN2O2/c1-11(13-8-5-9-14(17)10-13)18-19-16(21)15(20)12-6-3-2-4-7-12/h2-10,15,20H,1H3,(H,19,21)/b18-11+. The smallest absolute Gasteiger partial charge is 0.273 e. The van der Waals surface area contributed by atoms with Crippen LogP contribution in [0.5, 0.6) is 0 Å². The van der Waals surface area contributed by atoms with E-state index in [-0.39, 0.29) is 0 Å². The molecule has 0 aliphatic heterocycles. The lowest BCUT2D eigenvalue weighted by Gasteiger charge is -2.09. The van der Waals surface area contributed by atoms with E-state index in [0.717, 1.165) is 10.0 Å². The number of amides is 1. The number of hydrogen-bond donors (Lipinski definition) is 2. The molecular weight excluding hydrogens is 332 g/mol. The highest BCUT2D eigenvalue weighted by molar-refractivity contribution is 9.10. The second-order valence-electron chi connectivity index (χ2n) is 4.50. The van der Waals surface area contributed by atoms with E-state index < -0.39 is 12.0 Å². The predicted octanol–water partition coefficient (Wildman–Crippen LogP) is 3.02. The number of nitrogens with one attached hydrogen (secondary N) is 1. The first-order valence-electron chi connectivity index (χ1n) is 6.41. The first-order valence-corrected chi connectivity index (χ1v) is 7.20. The Hall–Kier alpha value is -1.98. The lowest BCUT2D eigenvalue weighted by molar-refractivity contribution is -0.129. The van der Waals surface area contributed by atoms with E-state index in [1.165, 1.54) is 0 Å². The molecule has 0 aromatic heterocycles. The molecule has 2 aromatic rings. The van der Waals surface area contributed by atoms with Crippen LogP contribution in [0, 0.1) is 0 Å². The summed E-state index contributed by atoms with van der Waals surface area (Å²) in [4.78, 5) is 11.9. The van der Waals surface area contributed by atoms with Crippen LogP contribution in [-0.4, -0.2) is 16.7 Å². The van der Waals surface area contributed by atoms with Gasteiger partial charge in [-0.15, -0.1) is 0 Å². The number of benzene rings is 2. The van der Waals surface area contributed by atoms with E-state index >= 15 is 0 Å². The lowest BCUT2D eigenvalue weighted by atomic mass is 10.1. The summed E-state index contributed by atoms with van der Waals surface area (Å²) in [7, 11) is 0. The van der Waals surface area contributed by atoms with E-state index in [1.807, 2.05) is 30.3 Å². The molecule has 4 nitrogen and oxygen atoms in total. The number of aliphatic hydroxyl groups is 1. The van der Waals surface area contributed by atoms with Crippen molar-refractivity contribution in [2.45, 2.75) is 13.0 Å². The van der Waals surface area contributed by atoms with Gasteiger partial charge in [-0.25, -0.2) is 5.43 Å². The van der Waals surface area contributed by atoms with Crippen LogP contribution in [0.3, 0.4) is 0 Å². The maximum Gasteiger partial charge on any atom is 0.273 e. The molecule has 0 spiro atoms. The van der Waals surface area contributed by atoms with Gasteiger partial charge in [0.2, 0.25) is 0 Å². The quantitative estimate of drug-likeness (QED) is 0.660. The Morgan fingerprint density at radius 1 is 1.19 bits per heavy atom. The summed E-state index contributed by atoms with van der Waals surface area (Å²) in [5.41, 5.74) is 4.46. The maximum absolute atomic E-state index is 11.9. The van der Waals surface area contributed by atoms with Crippen molar-refractivity contribution in [3.8, 4) is 0 Å². The molecule has 2 N–H and O–H groups in total. The first-order chi connectivity index (χ1) is 10.1. The number of aliphatic hydroxyl groups excluding tert-OH is 1. The van der Waals surface area contributed by atoms with Crippen molar-refractivity contribution in [2.24, 2.45) is 5.10 Å². The Morgan fingerprint density at radius 2 is 1.90 bits per heavy atom. The van der Waals surface area contributed by atoms with Crippen LogP contribution in [0.15, 0.2) is 64.2 Å². The third kappa shape index (κ3) is 4.24. The van der Waals surface area contributed by atoms with Crippen LogP contribution in [0.2, 0.25) is 0 Å². The van der Waals surface area contributed by atoms with E-state index in [1.54, 1.807) is 31.2 Å². The predicted molar refractivity (Wildman–Crippen MR) is 85.9 cm³/mol. The molecule has 1 amide bonds. The highest BCUT2D eigenvalue weighted by Crippen LogP contribution is 2.13. The average molecular weight is 347 g/mol. The van der Waals surface area contributed by atoms with Crippen molar-refractivity contribution in [2.75, 3.05) is 0 Å². The fourth-order valence-corrected chi connectivity index (χ4v) is 2.16. The Bertz CT molecular complexity index is 656. The van der Waals surface area contributed by atoms with Gasteiger partial charge in [0.1, 0.15) is 0 Å². The highest BCUT2D eigenvalue weighted by Gasteiger charge is 2.16. The number of halogens is 1. The lowest BCUT2D eigenvalue weighted by Crippen LogP contribution is -2.26. The Balaban J connectivity index is 2.05. The van der Waals surface area contributed by atoms with E-state index in [0.29, 0.717) is 11.3 Å². The molecule has 21 heavy (non-hydrogen) atoms. The van der Waals surface area contributed by atoms with Gasteiger partial charge in [0.15, 0.2) is 6.10 Å². The molecule has 2 aromatic carbocycles. The van der Waals surface area contributed by atoms with Gasteiger partial charge >= 0.3 is 0 Å². The minimum Gasteiger partial charge on any atom is -0.378 e. The minimum atomic E-state index is -1.23. The fourth-order valence-electron chi connectivity index (χ4n) is 1.76. The summed E-state index contributed by atoms with van der Waals surface area (Å²) in [5.74, 6) is -0.560. The largest absolute Gasteiger partial charge is 0.378 e. The number of carbonyl (C=O) groups excluding carboxylic acids is 1. The number of nitrogens with zero attached hydrogens (tertiary/aromatic N) is 1. The Morgan fingerprint density at radius 3 is 2.57 bits per heavy atom. The van der Waals surface area contributed by atoms with Gasteiger partial charge in [-0.1, -0.05) is 58.4 Å². The second kappa shape index (κ2) is 7.15. The van der Waals surface area contributed by atoms with Crippen LogP contribution in [0.1, 0.15) is 24.2 Å². The third-order valence-electron chi connectivity index (χ3n) is 2.94. The fraction of sp³-hybridized carbons (Fsp3) is 0.125. The topological polar surface area (TPSA) is 61.7 Å². The zero-order valence-corrected chi connectivity index (χ0v) is 13.0. The highest BCUT2D eigenvalue weighted by atomic mass is 79.9. The first kappa shape index (κ1) is 15.4. The molecule has 2 rings (SSSR count). The van der Waals surface area contributed by atoms with Crippen LogP contribution >= 0.6 is 15.9 Å². The van der Waals surface area contributed by atoms with E-state index in [2.05, 4.69) is 26.5 Å². The number of rotatable bonds is 4. The molecule has 1 unspecified atom stereocenters. The summed E-state index contributed by atoms with van der Waals surface area (Å²) < 4.78 is 0.935. The van der Waals surface area contributed by atoms with Crippen LogP contribution < -0.4 is 5.43 Å². The van der Waals surface area contributed by atoms with Crippen molar-refractivity contribution < 1.29 is 9.90 Å². The third-order valence-corrected chi connectivity index (χ3v) is 3.43. The van der Waals surface area contributed by atoms with Gasteiger partial charge < -0.3 is 5.11 Å². The van der Waals surface area contributed by atoms with Crippen LogP contribution in [0.25, 0.3) is 0 Å². The van der Waals surface area contributed by atoms with Crippen molar-refractivity contribution in [3.05, 3.63) is 70.2 Å².